The van der Waals surface area contributed by atoms with Crippen molar-refractivity contribution in [2.45, 2.75) is 44.9 Å². The summed E-state index contributed by atoms with van der Waals surface area (Å²) in [7, 11) is 0. The summed E-state index contributed by atoms with van der Waals surface area (Å²) in [5.41, 5.74) is -1.33. The van der Waals surface area contributed by atoms with Gasteiger partial charge in [-0.05, 0) is 42.5 Å². The number of aliphatic hydroxyl groups is 1. The van der Waals surface area contributed by atoms with E-state index in [-0.39, 0.29) is 28.2 Å². The summed E-state index contributed by atoms with van der Waals surface area (Å²) in [5, 5.41) is 18.2. The molecule has 3 N–H and O–H groups in total. The molecule has 0 bridgehead atoms. The maximum Gasteiger partial charge on any atom is 0.329 e. The number of halogens is 2. The lowest BCUT2D eigenvalue weighted by atomic mass is 9.78. The van der Waals surface area contributed by atoms with Crippen molar-refractivity contribution < 1.29 is 14.7 Å². The van der Waals surface area contributed by atoms with E-state index in [0.29, 0.717) is 16.6 Å². The second kappa shape index (κ2) is 8.34. The minimum Gasteiger partial charge on any atom is -0.359 e. The van der Waals surface area contributed by atoms with Crippen LogP contribution in [0.15, 0.2) is 42.5 Å². The normalized spacial score (nSPS) is 28.0. The highest BCUT2D eigenvalue weighted by molar-refractivity contribution is 6.42. The maximum absolute atomic E-state index is 13.6. The van der Waals surface area contributed by atoms with Crippen molar-refractivity contribution in [3.8, 4) is 0 Å². The number of urea groups is 1. The van der Waals surface area contributed by atoms with Gasteiger partial charge in [-0.25, -0.2) is 4.79 Å². The number of amides is 3. The molecule has 164 valence electrons. The van der Waals surface area contributed by atoms with E-state index < -0.39 is 17.7 Å². The molecule has 1 heterocycles. The fraction of sp³-hybridized carbons (Fsp3) is 0.391. The predicted molar refractivity (Wildman–Crippen MR) is 122 cm³/mol. The molecule has 1 aliphatic heterocycles. The summed E-state index contributed by atoms with van der Waals surface area (Å²) < 4.78 is 0. The number of fused-ring (bicyclic) bond motifs is 1. The first kappa shape index (κ1) is 21.9. The summed E-state index contributed by atoms with van der Waals surface area (Å²) in [5.74, 6) is 0.0704. The Bertz CT molecular complexity index is 1030. The highest BCUT2D eigenvalue weighted by atomic mass is 35.5. The number of anilines is 2. The van der Waals surface area contributed by atoms with Gasteiger partial charge in [-0.1, -0.05) is 68.1 Å². The van der Waals surface area contributed by atoms with Gasteiger partial charge in [0.1, 0.15) is 0 Å². The van der Waals surface area contributed by atoms with Crippen LogP contribution < -0.4 is 15.5 Å². The molecule has 0 unspecified atom stereocenters. The molecule has 1 aliphatic carbocycles. The summed E-state index contributed by atoms with van der Waals surface area (Å²) in [6.07, 6.45) is 2.94. The minimum absolute atomic E-state index is 0.0897. The van der Waals surface area contributed by atoms with Gasteiger partial charge < -0.3 is 15.7 Å². The molecule has 2 aliphatic rings. The van der Waals surface area contributed by atoms with Crippen LogP contribution >= 0.6 is 23.2 Å². The largest absolute Gasteiger partial charge is 0.359 e. The van der Waals surface area contributed by atoms with Crippen LogP contribution in [0.25, 0.3) is 0 Å². The molecule has 1 fully saturated rings. The van der Waals surface area contributed by atoms with E-state index in [1.807, 2.05) is 0 Å². The average molecular weight is 462 g/mol. The zero-order valence-electron chi connectivity index (χ0n) is 17.4. The Labute approximate surface area is 191 Å². The van der Waals surface area contributed by atoms with Crippen LogP contribution in [-0.4, -0.2) is 23.1 Å². The number of carbonyl (C=O) groups excluding carboxylic acids is 2. The Morgan fingerprint density at radius 1 is 1.16 bits per heavy atom. The number of carbonyl (C=O) groups is 2. The van der Waals surface area contributed by atoms with Gasteiger partial charge in [-0.15, -0.1) is 0 Å². The van der Waals surface area contributed by atoms with Crippen molar-refractivity contribution in [3.63, 3.8) is 0 Å². The highest BCUT2D eigenvalue weighted by Crippen LogP contribution is 2.41. The van der Waals surface area contributed by atoms with Gasteiger partial charge in [0.2, 0.25) is 0 Å². The quantitative estimate of drug-likeness (QED) is 0.592. The molecular formula is C23H25Cl2N3O3. The van der Waals surface area contributed by atoms with Crippen LogP contribution in [0.5, 0.6) is 0 Å². The van der Waals surface area contributed by atoms with Gasteiger partial charge in [0.25, 0.3) is 11.6 Å². The van der Waals surface area contributed by atoms with Crippen molar-refractivity contribution in [1.29, 1.82) is 0 Å². The van der Waals surface area contributed by atoms with Gasteiger partial charge in [0.15, 0.2) is 0 Å². The Balaban J connectivity index is 1.79. The van der Waals surface area contributed by atoms with E-state index in [0.717, 1.165) is 24.2 Å². The third kappa shape index (κ3) is 3.77. The van der Waals surface area contributed by atoms with Crippen molar-refractivity contribution in [1.82, 2.24) is 5.32 Å². The van der Waals surface area contributed by atoms with Gasteiger partial charge in [-0.3, -0.25) is 9.69 Å². The monoisotopic (exact) mass is 461 g/mol. The third-order valence-corrected chi connectivity index (χ3v) is 7.31. The third-order valence-electron chi connectivity index (χ3n) is 6.57. The number of benzene rings is 2. The van der Waals surface area contributed by atoms with Gasteiger partial charge in [0.05, 0.1) is 21.4 Å². The number of hydrogen-bond donors (Lipinski definition) is 3. The van der Waals surface area contributed by atoms with Gasteiger partial charge in [0, 0.05) is 11.6 Å². The summed E-state index contributed by atoms with van der Waals surface area (Å²) in [4.78, 5) is 27.8. The Morgan fingerprint density at radius 2 is 1.90 bits per heavy atom. The average Bonchev–Trinajstić information content (AvgIpc) is 2.74. The number of nitrogens with one attached hydrogen (secondary N) is 2. The first-order valence-corrected chi connectivity index (χ1v) is 11.2. The van der Waals surface area contributed by atoms with Crippen molar-refractivity contribution >= 4 is 46.5 Å². The van der Waals surface area contributed by atoms with Crippen LogP contribution in [0.1, 0.15) is 38.7 Å². The summed E-state index contributed by atoms with van der Waals surface area (Å²) in [6, 6.07) is 10.5. The molecule has 6 nitrogen and oxygen atoms in total. The molecule has 4 rings (SSSR count). The fourth-order valence-corrected chi connectivity index (χ4v) is 4.83. The summed E-state index contributed by atoms with van der Waals surface area (Å²) in [6.45, 7) is 4.28. The second-order valence-corrected chi connectivity index (χ2v) is 9.24. The van der Waals surface area contributed by atoms with Crippen LogP contribution in [-0.2, 0) is 10.5 Å². The number of nitrogens with zero attached hydrogens (tertiary/aromatic N) is 1. The van der Waals surface area contributed by atoms with E-state index in [4.69, 9.17) is 23.2 Å². The zero-order chi connectivity index (χ0) is 22.3. The van der Waals surface area contributed by atoms with Gasteiger partial charge >= 0.3 is 6.03 Å². The van der Waals surface area contributed by atoms with Crippen LogP contribution in [0, 0.1) is 11.8 Å². The highest BCUT2D eigenvalue weighted by Gasteiger charge is 2.52. The van der Waals surface area contributed by atoms with E-state index in [1.54, 1.807) is 30.3 Å². The SMILES string of the molecule is C[C@@H]1[C@@H](C)CCC[C@H]1NC(=O)[C@]1(O)c2ccccc2NC(=O)N1c1ccc(Cl)c(Cl)c1. The molecule has 1 saturated carbocycles. The molecule has 31 heavy (non-hydrogen) atoms. The lowest BCUT2D eigenvalue weighted by molar-refractivity contribution is -0.141. The molecule has 3 amide bonds. The lowest BCUT2D eigenvalue weighted by Crippen LogP contribution is -2.64. The lowest BCUT2D eigenvalue weighted by Gasteiger charge is -2.44. The minimum atomic E-state index is -2.25. The molecule has 8 heteroatoms. The first-order valence-electron chi connectivity index (χ1n) is 10.4. The molecule has 0 radical (unpaired) electrons. The fourth-order valence-electron chi connectivity index (χ4n) is 4.54. The Morgan fingerprint density at radius 3 is 2.65 bits per heavy atom. The van der Waals surface area contributed by atoms with Crippen LogP contribution in [0.3, 0.4) is 0 Å². The number of hydrogen-bond acceptors (Lipinski definition) is 3. The topological polar surface area (TPSA) is 81.7 Å². The molecule has 2 aromatic carbocycles. The molecular weight excluding hydrogens is 437 g/mol. The van der Waals surface area contributed by atoms with Crippen LogP contribution in [0.2, 0.25) is 10.0 Å². The molecule has 4 atom stereocenters. The van der Waals surface area contributed by atoms with E-state index >= 15 is 0 Å². The van der Waals surface area contributed by atoms with E-state index in [9.17, 15) is 14.7 Å². The maximum atomic E-state index is 13.6. The second-order valence-electron chi connectivity index (χ2n) is 8.43. The van der Waals surface area contributed by atoms with Gasteiger partial charge in [-0.2, -0.15) is 0 Å². The first-order chi connectivity index (χ1) is 14.7. The van der Waals surface area contributed by atoms with Crippen molar-refractivity contribution in [2.24, 2.45) is 11.8 Å². The van der Waals surface area contributed by atoms with E-state index in [2.05, 4.69) is 24.5 Å². The predicted octanol–water partition coefficient (Wildman–Crippen LogP) is 5.13. The Kier molecular flexibility index (Phi) is 5.90. The summed E-state index contributed by atoms with van der Waals surface area (Å²) >= 11 is 12.2. The van der Waals surface area contributed by atoms with Crippen molar-refractivity contribution in [3.05, 3.63) is 58.1 Å². The number of para-hydroxylation sites is 1. The molecule has 2 aromatic rings. The zero-order valence-corrected chi connectivity index (χ0v) is 18.9. The smallest absolute Gasteiger partial charge is 0.329 e. The molecule has 0 spiro atoms. The van der Waals surface area contributed by atoms with Crippen molar-refractivity contribution in [2.75, 3.05) is 10.2 Å². The van der Waals surface area contributed by atoms with Crippen LogP contribution in [0.4, 0.5) is 16.2 Å². The Hall–Kier alpha value is -2.28. The standard InChI is InChI=1S/C23H25Cl2N3O3/c1-13-6-5-9-19(14(13)2)26-21(29)23(31)16-7-3-4-8-20(16)27-22(30)28(23)15-10-11-17(24)18(25)12-15/h3-4,7-8,10-14,19,31H,5-6,9H2,1-2H3,(H,26,29)(H,27,30)/t13-,14+,19+,23+/m0/s1. The van der Waals surface area contributed by atoms with E-state index in [1.165, 1.54) is 12.1 Å². The number of rotatable bonds is 3. The molecule has 0 saturated heterocycles. The molecule has 0 aromatic heterocycles.